The van der Waals surface area contributed by atoms with Crippen molar-refractivity contribution in [2.45, 2.75) is 0 Å². The van der Waals surface area contributed by atoms with Crippen LogP contribution in [0.2, 0.25) is 10.0 Å². The number of methoxy groups -OCH3 is 1. The van der Waals surface area contributed by atoms with Crippen LogP contribution < -0.4 is 4.74 Å². The molecule has 122 valence electrons. The maximum Gasteiger partial charge on any atom is 0.216 e. The molecule has 5 nitrogen and oxygen atoms in total. The highest BCUT2D eigenvalue weighted by Gasteiger charge is 2.13. The molecule has 1 heterocycles. The number of hydrogen-bond acceptors (Lipinski definition) is 4. The van der Waals surface area contributed by atoms with Gasteiger partial charge in [0.25, 0.3) is 0 Å². The molecule has 0 atom stereocenters. The van der Waals surface area contributed by atoms with Gasteiger partial charge in [-0.05, 0) is 36.5 Å². The van der Waals surface area contributed by atoms with Crippen molar-refractivity contribution in [2.24, 2.45) is 5.10 Å². The van der Waals surface area contributed by atoms with Gasteiger partial charge in [-0.3, -0.25) is 0 Å². The van der Waals surface area contributed by atoms with Crippen molar-refractivity contribution in [3.8, 4) is 17.1 Å². The summed E-state index contributed by atoms with van der Waals surface area (Å²) in [4.78, 5) is 0. The predicted octanol–water partition coefficient (Wildman–Crippen LogP) is 4.81. The van der Waals surface area contributed by atoms with Crippen molar-refractivity contribution in [1.82, 2.24) is 14.9 Å². The summed E-state index contributed by atoms with van der Waals surface area (Å²) in [6, 6.07) is 12.7. The molecule has 0 aliphatic rings. The lowest BCUT2D eigenvalue weighted by molar-refractivity contribution is 0.416. The normalized spacial score (nSPS) is 11.1. The average Bonchev–Trinajstić information content (AvgIpc) is 2.95. The topological polar surface area (TPSA) is 55.2 Å². The zero-order chi connectivity index (χ0) is 17.1. The second kappa shape index (κ2) is 7.17. The zero-order valence-electron chi connectivity index (χ0n) is 12.5. The second-order valence-electron chi connectivity index (χ2n) is 4.74. The summed E-state index contributed by atoms with van der Waals surface area (Å²) < 4.78 is 7.21. The molecule has 8 heteroatoms. The lowest BCUT2D eigenvalue weighted by Crippen LogP contribution is -1.97. The van der Waals surface area contributed by atoms with Gasteiger partial charge in [-0.2, -0.15) is 14.9 Å². The molecule has 0 unspecified atom stereocenters. The number of hydrogen-bond donors (Lipinski definition) is 1. The third kappa shape index (κ3) is 3.21. The fourth-order valence-corrected chi connectivity index (χ4v) is 2.83. The van der Waals surface area contributed by atoms with Gasteiger partial charge in [-0.15, -0.1) is 0 Å². The lowest BCUT2D eigenvalue weighted by atomic mass is 10.2. The van der Waals surface area contributed by atoms with Crippen LogP contribution in [0.3, 0.4) is 0 Å². The predicted molar refractivity (Wildman–Crippen MR) is 98.9 cm³/mol. The first-order chi connectivity index (χ1) is 11.6. The van der Waals surface area contributed by atoms with Gasteiger partial charge in [-0.1, -0.05) is 41.4 Å². The van der Waals surface area contributed by atoms with Crippen LogP contribution in [-0.2, 0) is 0 Å². The van der Waals surface area contributed by atoms with E-state index < -0.39 is 0 Å². The number of aromatic amines is 1. The Bertz CT molecular complexity index is 944. The summed E-state index contributed by atoms with van der Waals surface area (Å²) >= 11 is 17.6. The van der Waals surface area contributed by atoms with Crippen LogP contribution in [0.1, 0.15) is 5.56 Å². The standard InChI is InChI=1S/C16H12Cl2N4OS/c1-23-14-8-3-2-5-10(14)15-20-21-16(24)22(15)19-9-11-12(17)6-4-7-13(11)18/h2-9H,1H3,(H,21,24)/b19-9-. The first-order valence-corrected chi connectivity index (χ1v) is 8.07. The van der Waals surface area contributed by atoms with Gasteiger partial charge in [0.05, 0.1) is 28.9 Å². The molecule has 0 bridgehead atoms. The fourth-order valence-electron chi connectivity index (χ4n) is 2.15. The summed E-state index contributed by atoms with van der Waals surface area (Å²) in [6.45, 7) is 0. The molecule has 0 amide bonds. The lowest BCUT2D eigenvalue weighted by Gasteiger charge is -2.07. The largest absolute Gasteiger partial charge is 0.496 e. The molecule has 0 radical (unpaired) electrons. The Hall–Kier alpha value is -2.15. The SMILES string of the molecule is COc1ccccc1-c1n[nH]c(=S)n1/N=C\c1c(Cl)cccc1Cl. The molecule has 3 rings (SSSR count). The molecule has 0 aliphatic carbocycles. The molecule has 24 heavy (non-hydrogen) atoms. The van der Waals surface area contributed by atoms with Crippen molar-refractivity contribution >= 4 is 41.6 Å². The molecule has 1 aromatic heterocycles. The van der Waals surface area contributed by atoms with Crippen LogP contribution in [0.25, 0.3) is 11.4 Å². The number of aromatic nitrogens is 3. The number of rotatable bonds is 4. The van der Waals surface area contributed by atoms with Gasteiger partial charge in [0, 0.05) is 5.56 Å². The summed E-state index contributed by atoms with van der Waals surface area (Å²) in [5.74, 6) is 1.19. The van der Waals surface area contributed by atoms with E-state index in [2.05, 4.69) is 15.3 Å². The van der Waals surface area contributed by atoms with Gasteiger partial charge >= 0.3 is 0 Å². The maximum atomic E-state index is 6.16. The summed E-state index contributed by atoms with van der Waals surface area (Å²) in [5.41, 5.74) is 1.37. The van der Waals surface area contributed by atoms with E-state index in [-0.39, 0.29) is 0 Å². The summed E-state index contributed by atoms with van der Waals surface area (Å²) in [5, 5.41) is 12.3. The number of H-pyrrole nitrogens is 1. The Morgan fingerprint density at radius 1 is 1.17 bits per heavy atom. The van der Waals surface area contributed by atoms with Crippen molar-refractivity contribution in [3.05, 3.63) is 62.8 Å². The Morgan fingerprint density at radius 2 is 1.88 bits per heavy atom. The van der Waals surface area contributed by atoms with E-state index in [9.17, 15) is 0 Å². The third-order valence-corrected chi connectivity index (χ3v) is 4.22. The van der Waals surface area contributed by atoms with Crippen LogP contribution in [0.15, 0.2) is 47.6 Å². The molecular weight excluding hydrogens is 367 g/mol. The van der Waals surface area contributed by atoms with E-state index in [4.69, 9.17) is 40.2 Å². The number of benzene rings is 2. The Balaban J connectivity index is 2.09. The minimum Gasteiger partial charge on any atom is -0.496 e. The molecule has 0 saturated heterocycles. The highest BCUT2D eigenvalue weighted by Crippen LogP contribution is 2.28. The van der Waals surface area contributed by atoms with E-state index in [1.54, 1.807) is 31.5 Å². The van der Waals surface area contributed by atoms with Crippen LogP contribution in [0.5, 0.6) is 5.75 Å². The molecule has 0 saturated carbocycles. The van der Waals surface area contributed by atoms with Gasteiger partial charge in [0.15, 0.2) is 5.82 Å². The highest BCUT2D eigenvalue weighted by molar-refractivity contribution is 7.71. The minimum absolute atomic E-state index is 0.343. The number of para-hydroxylation sites is 1. The molecule has 2 aromatic carbocycles. The van der Waals surface area contributed by atoms with Gasteiger partial charge in [0.1, 0.15) is 5.75 Å². The Morgan fingerprint density at radius 3 is 2.58 bits per heavy atom. The molecular formula is C16H12Cl2N4OS. The second-order valence-corrected chi connectivity index (χ2v) is 5.95. The van der Waals surface area contributed by atoms with Crippen molar-refractivity contribution in [1.29, 1.82) is 0 Å². The highest BCUT2D eigenvalue weighted by atomic mass is 35.5. The van der Waals surface area contributed by atoms with Crippen LogP contribution >= 0.6 is 35.4 Å². The monoisotopic (exact) mass is 378 g/mol. The van der Waals surface area contributed by atoms with Crippen molar-refractivity contribution in [3.63, 3.8) is 0 Å². The minimum atomic E-state index is 0.343. The first-order valence-electron chi connectivity index (χ1n) is 6.91. The third-order valence-electron chi connectivity index (χ3n) is 3.30. The fraction of sp³-hybridized carbons (Fsp3) is 0.0625. The van der Waals surface area contributed by atoms with E-state index >= 15 is 0 Å². The van der Waals surface area contributed by atoms with E-state index in [1.807, 2.05) is 24.3 Å². The van der Waals surface area contributed by atoms with Gasteiger partial charge < -0.3 is 4.74 Å². The molecule has 1 N–H and O–H groups in total. The smallest absolute Gasteiger partial charge is 0.216 e. The van der Waals surface area contributed by atoms with Crippen molar-refractivity contribution in [2.75, 3.05) is 7.11 Å². The van der Waals surface area contributed by atoms with E-state index in [1.165, 1.54) is 4.68 Å². The Labute approximate surface area is 153 Å². The van der Waals surface area contributed by atoms with Crippen molar-refractivity contribution < 1.29 is 4.74 Å². The van der Waals surface area contributed by atoms with Crippen LogP contribution in [0.4, 0.5) is 0 Å². The quantitative estimate of drug-likeness (QED) is 0.523. The summed E-state index contributed by atoms with van der Waals surface area (Å²) in [6.07, 6.45) is 1.55. The number of ether oxygens (including phenoxy) is 1. The Kier molecular flexibility index (Phi) is 4.99. The van der Waals surface area contributed by atoms with E-state index in [0.717, 1.165) is 5.56 Å². The molecule has 0 aliphatic heterocycles. The molecule has 3 aromatic rings. The summed E-state index contributed by atoms with van der Waals surface area (Å²) in [7, 11) is 1.59. The number of nitrogens with one attached hydrogen (secondary N) is 1. The average molecular weight is 379 g/mol. The number of nitrogens with zero attached hydrogens (tertiary/aromatic N) is 3. The number of halogens is 2. The van der Waals surface area contributed by atoms with Crippen LogP contribution in [0, 0.1) is 4.77 Å². The van der Waals surface area contributed by atoms with Gasteiger partial charge in [0.2, 0.25) is 4.77 Å². The maximum absolute atomic E-state index is 6.16. The van der Waals surface area contributed by atoms with E-state index in [0.29, 0.717) is 32.0 Å². The van der Waals surface area contributed by atoms with Gasteiger partial charge in [-0.25, -0.2) is 5.10 Å². The van der Waals surface area contributed by atoms with Crippen LogP contribution in [-0.4, -0.2) is 28.2 Å². The molecule has 0 fully saturated rings. The zero-order valence-corrected chi connectivity index (χ0v) is 14.9. The molecule has 0 spiro atoms. The first kappa shape index (κ1) is 16.7.